The van der Waals surface area contributed by atoms with Crippen molar-refractivity contribution in [1.82, 2.24) is 14.9 Å². The highest BCUT2D eigenvalue weighted by Gasteiger charge is 2.37. The van der Waals surface area contributed by atoms with Gasteiger partial charge in [-0.05, 0) is 42.5 Å². The van der Waals surface area contributed by atoms with Crippen molar-refractivity contribution < 1.29 is 23.8 Å². The van der Waals surface area contributed by atoms with E-state index in [0.717, 1.165) is 22.1 Å². The Morgan fingerprint density at radius 2 is 2.11 bits per heavy atom. The number of hydrogen-bond acceptors (Lipinski definition) is 7. The first-order valence-corrected chi connectivity index (χ1v) is 11.6. The lowest BCUT2D eigenvalue weighted by molar-refractivity contribution is -0.157. The molecule has 1 unspecified atom stereocenters. The molecule has 1 aliphatic carbocycles. The van der Waals surface area contributed by atoms with Gasteiger partial charge in [0.25, 0.3) is 5.56 Å². The summed E-state index contributed by atoms with van der Waals surface area (Å²) in [6.45, 7) is 1.95. The second-order valence-corrected chi connectivity index (χ2v) is 9.27. The Hall–Kier alpha value is -3.63. The number of aliphatic hydroxyl groups is 1. The van der Waals surface area contributed by atoms with Crippen molar-refractivity contribution in [3.05, 3.63) is 61.7 Å². The Kier molecular flexibility index (Phi) is 4.81. The van der Waals surface area contributed by atoms with E-state index in [2.05, 4.69) is 5.32 Å². The van der Waals surface area contributed by atoms with Crippen LogP contribution in [0.1, 0.15) is 58.4 Å². The number of halogens is 1. The van der Waals surface area contributed by atoms with Crippen LogP contribution in [0.25, 0.3) is 22.3 Å². The van der Waals surface area contributed by atoms with Crippen molar-refractivity contribution in [2.24, 2.45) is 5.73 Å². The highest BCUT2D eigenvalue weighted by Crippen LogP contribution is 2.45. The third-order valence-electron chi connectivity index (χ3n) is 7.35. The quantitative estimate of drug-likeness (QED) is 0.379. The van der Waals surface area contributed by atoms with Gasteiger partial charge in [-0.15, -0.1) is 0 Å². The number of rotatable bonds is 3. The van der Waals surface area contributed by atoms with Crippen molar-refractivity contribution in [3.8, 4) is 11.4 Å². The first-order chi connectivity index (χ1) is 16.8. The molecule has 3 aromatic rings. The number of aryl methyl sites for hydroxylation is 1. The predicted molar refractivity (Wildman–Crippen MR) is 123 cm³/mol. The molecular weight excluding hydrogens is 455 g/mol. The Labute approximate surface area is 198 Å². The van der Waals surface area contributed by atoms with Gasteiger partial charge in [0.05, 0.1) is 35.1 Å². The molecule has 9 nitrogen and oxygen atoms in total. The van der Waals surface area contributed by atoms with E-state index < -0.39 is 12.1 Å². The van der Waals surface area contributed by atoms with Crippen LogP contribution < -0.4 is 16.6 Å². The molecule has 2 atom stereocenters. The van der Waals surface area contributed by atoms with Gasteiger partial charge in [-0.3, -0.25) is 9.59 Å². The SMILES string of the molecule is Cc1c(F)cc2nc3c(c4c2c1CC[C@@H]4NC(=O)CCN)Cn1c-3cc2c(c1=O)COC(=O)C2O. The zero-order valence-corrected chi connectivity index (χ0v) is 19.0. The number of benzene rings is 1. The van der Waals surface area contributed by atoms with Gasteiger partial charge in [0, 0.05) is 35.5 Å². The number of aromatic nitrogens is 2. The van der Waals surface area contributed by atoms with E-state index in [1.54, 1.807) is 13.0 Å². The molecule has 0 bridgehead atoms. The standard InChI is InChI=1S/C25H23FN4O5/c1-10-11-2-3-16(28-19(31)4-5-27)21-13-8-30-18(22(13)29-17(20(11)21)7-15(10)26)6-12-14(24(30)33)9-35-25(34)23(12)32/h6-7,16,23,32H,2-5,8-9,27H2,1H3,(H,28,31)/t16-,23?/m0/s1. The van der Waals surface area contributed by atoms with E-state index in [9.17, 15) is 23.9 Å². The number of carbonyl (C=O) groups is 2. The first-order valence-electron chi connectivity index (χ1n) is 11.6. The lowest BCUT2D eigenvalue weighted by atomic mass is 9.81. The maximum atomic E-state index is 14.8. The number of aliphatic hydroxyl groups excluding tert-OH is 1. The number of cyclic esters (lactones) is 1. The summed E-state index contributed by atoms with van der Waals surface area (Å²) in [7, 11) is 0. The molecule has 3 aliphatic rings. The predicted octanol–water partition coefficient (Wildman–Crippen LogP) is 1.42. The fraction of sp³-hybridized carbons (Fsp3) is 0.360. The fourth-order valence-electron chi connectivity index (χ4n) is 5.64. The number of nitrogens with one attached hydrogen (secondary N) is 1. The van der Waals surface area contributed by atoms with Gasteiger partial charge in [0.1, 0.15) is 12.4 Å². The zero-order chi connectivity index (χ0) is 24.6. The van der Waals surface area contributed by atoms with Crippen LogP contribution in [-0.2, 0) is 33.9 Å². The summed E-state index contributed by atoms with van der Waals surface area (Å²) in [5.41, 5.74) is 9.97. The monoisotopic (exact) mass is 478 g/mol. The molecule has 1 amide bonds. The molecule has 180 valence electrons. The maximum Gasteiger partial charge on any atom is 0.340 e. The molecule has 4 heterocycles. The van der Waals surface area contributed by atoms with Crippen LogP contribution >= 0.6 is 0 Å². The Bertz CT molecular complexity index is 1530. The lowest BCUT2D eigenvalue weighted by Gasteiger charge is -2.29. The van der Waals surface area contributed by atoms with Gasteiger partial charge in [-0.1, -0.05) is 0 Å². The first kappa shape index (κ1) is 21.9. The number of esters is 1. The molecular formula is C25H23FN4O5. The maximum absolute atomic E-state index is 14.8. The van der Waals surface area contributed by atoms with E-state index >= 15 is 0 Å². The minimum Gasteiger partial charge on any atom is -0.458 e. The summed E-state index contributed by atoms with van der Waals surface area (Å²) in [4.78, 5) is 42.5. The molecule has 0 radical (unpaired) electrons. The van der Waals surface area contributed by atoms with Crippen LogP contribution in [0.5, 0.6) is 0 Å². The molecule has 35 heavy (non-hydrogen) atoms. The van der Waals surface area contributed by atoms with Gasteiger partial charge < -0.3 is 25.5 Å². The van der Waals surface area contributed by atoms with Crippen LogP contribution in [0.15, 0.2) is 16.9 Å². The summed E-state index contributed by atoms with van der Waals surface area (Å²) in [6.07, 6.45) is -0.230. The molecule has 6 rings (SSSR count). The largest absolute Gasteiger partial charge is 0.458 e. The second-order valence-electron chi connectivity index (χ2n) is 9.27. The topological polar surface area (TPSA) is 137 Å². The average Bonchev–Trinajstić information content (AvgIpc) is 3.19. The molecule has 0 fully saturated rings. The van der Waals surface area contributed by atoms with Crippen molar-refractivity contribution in [2.45, 2.75) is 51.5 Å². The van der Waals surface area contributed by atoms with Crippen LogP contribution in [-0.4, -0.2) is 33.1 Å². The van der Waals surface area contributed by atoms with E-state index in [4.69, 9.17) is 15.5 Å². The lowest BCUT2D eigenvalue weighted by Crippen LogP contribution is -2.33. The molecule has 2 aliphatic heterocycles. The Balaban J connectivity index is 1.62. The Morgan fingerprint density at radius 3 is 2.89 bits per heavy atom. The molecule has 10 heteroatoms. The Morgan fingerprint density at radius 1 is 1.31 bits per heavy atom. The molecule has 2 aromatic heterocycles. The van der Waals surface area contributed by atoms with Crippen LogP contribution in [0.2, 0.25) is 0 Å². The summed E-state index contributed by atoms with van der Waals surface area (Å²) in [5.74, 6) is -1.36. The normalized spacial score (nSPS) is 19.7. The molecule has 0 spiro atoms. The van der Waals surface area contributed by atoms with Crippen LogP contribution in [0.3, 0.4) is 0 Å². The molecule has 1 aromatic carbocycles. The number of ether oxygens (including phenoxy) is 1. The minimum absolute atomic E-state index is 0.180. The van der Waals surface area contributed by atoms with Crippen molar-refractivity contribution in [3.63, 3.8) is 0 Å². The smallest absolute Gasteiger partial charge is 0.340 e. The fourth-order valence-corrected chi connectivity index (χ4v) is 5.64. The van der Waals surface area contributed by atoms with Crippen molar-refractivity contribution in [2.75, 3.05) is 6.54 Å². The number of pyridine rings is 2. The van der Waals surface area contributed by atoms with Crippen molar-refractivity contribution >= 4 is 22.8 Å². The highest BCUT2D eigenvalue weighted by molar-refractivity contribution is 5.93. The number of carbonyl (C=O) groups excluding carboxylic acids is 2. The van der Waals surface area contributed by atoms with Gasteiger partial charge >= 0.3 is 5.97 Å². The molecule has 0 saturated carbocycles. The molecule has 4 N–H and O–H groups in total. The number of nitrogens with two attached hydrogens (primary N) is 1. The summed E-state index contributed by atoms with van der Waals surface area (Å²) in [6, 6.07) is 2.63. The summed E-state index contributed by atoms with van der Waals surface area (Å²) < 4.78 is 21.3. The third-order valence-corrected chi connectivity index (χ3v) is 7.35. The summed E-state index contributed by atoms with van der Waals surface area (Å²) >= 11 is 0. The average molecular weight is 478 g/mol. The van der Waals surface area contributed by atoms with Gasteiger partial charge in [-0.25, -0.2) is 14.2 Å². The van der Waals surface area contributed by atoms with E-state index in [1.807, 2.05) is 0 Å². The van der Waals surface area contributed by atoms with Gasteiger partial charge in [0.2, 0.25) is 5.91 Å². The van der Waals surface area contributed by atoms with E-state index in [0.29, 0.717) is 35.3 Å². The van der Waals surface area contributed by atoms with Gasteiger partial charge in [0.15, 0.2) is 6.10 Å². The van der Waals surface area contributed by atoms with Gasteiger partial charge in [-0.2, -0.15) is 0 Å². The highest BCUT2D eigenvalue weighted by atomic mass is 19.1. The minimum atomic E-state index is -1.56. The summed E-state index contributed by atoms with van der Waals surface area (Å²) in [5, 5.41) is 14.2. The van der Waals surface area contributed by atoms with E-state index in [-0.39, 0.29) is 60.6 Å². The second kappa shape index (κ2) is 7.69. The zero-order valence-electron chi connectivity index (χ0n) is 19.0. The van der Waals surface area contributed by atoms with E-state index in [1.165, 1.54) is 10.6 Å². The third kappa shape index (κ3) is 3.06. The number of amides is 1. The number of nitrogens with zero attached hydrogens (tertiary/aromatic N) is 2. The number of fused-ring (bicyclic) bond motifs is 5. The number of hydrogen-bond donors (Lipinski definition) is 3. The molecule has 0 saturated heterocycles. The van der Waals surface area contributed by atoms with Crippen LogP contribution in [0.4, 0.5) is 4.39 Å². The van der Waals surface area contributed by atoms with Crippen molar-refractivity contribution in [1.29, 1.82) is 0 Å². The van der Waals surface area contributed by atoms with Crippen LogP contribution in [0, 0.1) is 12.7 Å².